The summed E-state index contributed by atoms with van der Waals surface area (Å²) < 4.78 is 12.8. The number of aromatic nitrogens is 3. The van der Waals surface area contributed by atoms with Gasteiger partial charge in [0.1, 0.15) is 23.7 Å². The van der Waals surface area contributed by atoms with Gasteiger partial charge in [-0.2, -0.15) is 9.67 Å². The number of nitrogens with zero attached hydrogens (tertiary/aromatic N) is 4. The van der Waals surface area contributed by atoms with Crippen LogP contribution < -0.4 is 20.5 Å². The lowest BCUT2D eigenvalue weighted by Crippen LogP contribution is -2.33. The van der Waals surface area contributed by atoms with Gasteiger partial charge in [-0.25, -0.2) is 0 Å². The first kappa shape index (κ1) is 24.5. The zero-order valence-corrected chi connectivity index (χ0v) is 20.7. The molecule has 2 aromatic carbocycles. The van der Waals surface area contributed by atoms with Crippen LogP contribution in [0.25, 0.3) is 0 Å². The van der Waals surface area contributed by atoms with Crippen molar-refractivity contribution in [3.8, 4) is 11.5 Å². The first-order chi connectivity index (χ1) is 16.8. The Kier molecular flexibility index (Phi) is 7.55. The minimum absolute atomic E-state index is 0.00480. The summed E-state index contributed by atoms with van der Waals surface area (Å²) in [6.45, 7) is 9.83. The highest BCUT2D eigenvalue weighted by Gasteiger charge is 2.17. The summed E-state index contributed by atoms with van der Waals surface area (Å²) in [5.74, 6) is 1.36. The van der Waals surface area contributed by atoms with Crippen molar-refractivity contribution >= 4 is 23.5 Å². The number of piperidine rings is 1. The molecule has 1 saturated heterocycles. The number of anilines is 3. The molecule has 2 heterocycles. The summed E-state index contributed by atoms with van der Waals surface area (Å²) in [5.41, 5.74) is 6.84. The van der Waals surface area contributed by atoms with Gasteiger partial charge in [0.15, 0.2) is 0 Å². The second-order valence-electron chi connectivity index (χ2n) is 9.65. The normalized spacial score (nSPS) is 14.5. The molecule has 0 spiro atoms. The highest BCUT2D eigenvalue weighted by atomic mass is 16.5. The molecule has 1 fully saturated rings. The number of carbonyl (C=O) groups is 1. The Bertz CT molecular complexity index is 1110. The molecule has 3 N–H and O–H groups in total. The van der Waals surface area contributed by atoms with Gasteiger partial charge in [0.25, 0.3) is 5.91 Å². The van der Waals surface area contributed by atoms with Crippen molar-refractivity contribution in [1.82, 2.24) is 19.7 Å². The lowest BCUT2D eigenvalue weighted by Gasteiger charge is -2.26. The molecule has 1 aliphatic rings. The molecule has 0 unspecified atom stereocenters. The van der Waals surface area contributed by atoms with Gasteiger partial charge in [-0.15, -0.1) is 5.10 Å². The molecule has 1 aromatic heterocycles. The Labute approximate surface area is 206 Å². The molecule has 0 bridgehead atoms. The maximum Gasteiger partial charge on any atom is 0.281 e. The fourth-order valence-electron chi connectivity index (χ4n) is 3.91. The third-order valence-corrected chi connectivity index (χ3v) is 5.59. The Balaban J connectivity index is 1.33. The summed E-state index contributed by atoms with van der Waals surface area (Å²) in [6, 6.07) is 14.4. The van der Waals surface area contributed by atoms with E-state index in [1.54, 1.807) is 24.3 Å². The number of nitrogen functional groups attached to an aromatic ring is 1. The predicted molar refractivity (Wildman–Crippen MR) is 136 cm³/mol. The zero-order valence-electron chi connectivity index (χ0n) is 20.7. The van der Waals surface area contributed by atoms with E-state index in [-0.39, 0.29) is 23.4 Å². The smallest absolute Gasteiger partial charge is 0.281 e. The van der Waals surface area contributed by atoms with Gasteiger partial charge in [0.2, 0.25) is 11.9 Å². The molecule has 9 nitrogen and oxygen atoms in total. The zero-order chi connectivity index (χ0) is 24.8. The van der Waals surface area contributed by atoms with Gasteiger partial charge < -0.3 is 20.5 Å². The van der Waals surface area contributed by atoms with E-state index >= 15 is 0 Å². The summed E-state index contributed by atoms with van der Waals surface area (Å²) in [7, 11) is 0. The van der Waals surface area contributed by atoms with Crippen LogP contribution in [-0.4, -0.2) is 57.4 Å². The molecule has 1 aliphatic heterocycles. The average Bonchev–Trinajstić information content (AvgIpc) is 3.20. The van der Waals surface area contributed by atoms with Crippen LogP contribution in [0.5, 0.6) is 11.5 Å². The first-order valence-corrected chi connectivity index (χ1v) is 12.1. The van der Waals surface area contributed by atoms with Crippen molar-refractivity contribution in [3.05, 3.63) is 54.1 Å². The largest absolute Gasteiger partial charge is 0.492 e. The third kappa shape index (κ3) is 6.95. The fraction of sp³-hybridized carbons (Fsp3) is 0.423. The van der Waals surface area contributed by atoms with E-state index in [2.05, 4.69) is 20.3 Å². The molecule has 35 heavy (non-hydrogen) atoms. The van der Waals surface area contributed by atoms with E-state index in [0.717, 1.165) is 35.8 Å². The van der Waals surface area contributed by atoms with Crippen molar-refractivity contribution in [2.45, 2.75) is 45.6 Å². The molecule has 186 valence electrons. The fourth-order valence-corrected chi connectivity index (χ4v) is 3.91. The van der Waals surface area contributed by atoms with Crippen LogP contribution in [0.1, 0.15) is 50.4 Å². The summed E-state index contributed by atoms with van der Waals surface area (Å²) >= 11 is 0. The standard InChI is InChI=1S/C26H34N6O3/c1-26(2,3)35-22-11-7-19(8-12-22)23(33)32-24(27)29-25(30-32)28-20-9-13-21(14-10-20)34-18-17-31-15-5-4-6-16-31/h7-14H,4-6,15-18H2,1-3H3,(H3,27,28,29,30). The van der Waals surface area contributed by atoms with E-state index in [1.807, 2.05) is 45.0 Å². The molecule has 3 aromatic rings. The topological polar surface area (TPSA) is 108 Å². The highest BCUT2D eigenvalue weighted by molar-refractivity contribution is 5.97. The van der Waals surface area contributed by atoms with Crippen molar-refractivity contribution in [2.75, 3.05) is 37.3 Å². The number of likely N-dealkylation sites (tertiary alicyclic amines) is 1. The maximum absolute atomic E-state index is 12.9. The van der Waals surface area contributed by atoms with Gasteiger partial charge in [-0.3, -0.25) is 9.69 Å². The number of carbonyl (C=O) groups excluding carboxylic acids is 1. The van der Waals surface area contributed by atoms with Crippen molar-refractivity contribution in [2.24, 2.45) is 0 Å². The van der Waals surface area contributed by atoms with E-state index < -0.39 is 0 Å². The lowest BCUT2D eigenvalue weighted by molar-refractivity contribution is 0.0948. The van der Waals surface area contributed by atoms with Crippen molar-refractivity contribution in [1.29, 1.82) is 0 Å². The average molecular weight is 479 g/mol. The van der Waals surface area contributed by atoms with Gasteiger partial charge in [-0.05, 0) is 95.2 Å². The third-order valence-electron chi connectivity index (χ3n) is 5.59. The molecular weight excluding hydrogens is 444 g/mol. The Morgan fingerprint density at radius 2 is 1.66 bits per heavy atom. The van der Waals surface area contributed by atoms with E-state index in [9.17, 15) is 4.79 Å². The SMILES string of the molecule is CC(C)(C)Oc1ccc(C(=O)n2nc(Nc3ccc(OCCN4CCCCC4)cc3)nc2N)cc1. The van der Waals surface area contributed by atoms with E-state index in [1.165, 1.54) is 19.3 Å². The maximum atomic E-state index is 12.9. The predicted octanol–water partition coefficient (Wildman–Crippen LogP) is 4.33. The van der Waals surface area contributed by atoms with Crippen LogP contribution in [0.2, 0.25) is 0 Å². The van der Waals surface area contributed by atoms with Crippen LogP contribution in [0.4, 0.5) is 17.6 Å². The molecule has 0 radical (unpaired) electrons. The minimum Gasteiger partial charge on any atom is -0.492 e. The van der Waals surface area contributed by atoms with Crippen LogP contribution in [-0.2, 0) is 0 Å². The molecule has 4 rings (SSSR count). The number of hydrogen-bond acceptors (Lipinski definition) is 8. The number of ether oxygens (including phenoxy) is 2. The Morgan fingerprint density at radius 3 is 2.31 bits per heavy atom. The molecule has 0 amide bonds. The lowest BCUT2D eigenvalue weighted by atomic mass is 10.1. The summed E-state index contributed by atoms with van der Waals surface area (Å²) in [5, 5.41) is 7.32. The van der Waals surface area contributed by atoms with Gasteiger partial charge in [0, 0.05) is 17.8 Å². The second kappa shape index (κ2) is 10.8. The molecule has 9 heteroatoms. The highest BCUT2D eigenvalue weighted by Crippen LogP contribution is 2.21. The number of hydrogen-bond donors (Lipinski definition) is 2. The van der Waals surface area contributed by atoms with Crippen LogP contribution in [0.3, 0.4) is 0 Å². The van der Waals surface area contributed by atoms with Crippen LogP contribution in [0, 0.1) is 0 Å². The molecular formula is C26H34N6O3. The Hall–Kier alpha value is -3.59. The summed E-state index contributed by atoms with van der Waals surface area (Å²) in [4.78, 5) is 19.5. The van der Waals surface area contributed by atoms with Gasteiger partial charge in [-0.1, -0.05) is 6.42 Å². The van der Waals surface area contributed by atoms with Gasteiger partial charge in [0.05, 0.1) is 0 Å². The summed E-state index contributed by atoms with van der Waals surface area (Å²) in [6.07, 6.45) is 3.89. The van der Waals surface area contributed by atoms with E-state index in [0.29, 0.717) is 17.9 Å². The number of rotatable bonds is 8. The second-order valence-corrected chi connectivity index (χ2v) is 9.65. The van der Waals surface area contributed by atoms with Gasteiger partial charge >= 0.3 is 0 Å². The Morgan fingerprint density at radius 1 is 1.00 bits per heavy atom. The molecule has 0 saturated carbocycles. The monoisotopic (exact) mass is 478 g/mol. The van der Waals surface area contributed by atoms with Crippen LogP contribution in [0.15, 0.2) is 48.5 Å². The quantitative estimate of drug-likeness (QED) is 0.492. The minimum atomic E-state index is -0.372. The number of nitrogens with one attached hydrogen (secondary N) is 1. The van der Waals surface area contributed by atoms with Crippen molar-refractivity contribution in [3.63, 3.8) is 0 Å². The van der Waals surface area contributed by atoms with E-state index in [4.69, 9.17) is 15.2 Å². The first-order valence-electron chi connectivity index (χ1n) is 12.1. The van der Waals surface area contributed by atoms with Crippen LogP contribution >= 0.6 is 0 Å². The molecule has 0 atom stereocenters. The number of benzene rings is 2. The number of nitrogens with two attached hydrogens (primary N) is 1. The van der Waals surface area contributed by atoms with Crippen molar-refractivity contribution < 1.29 is 14.3 Å². The molecule has 0 aliphatic carbocycles.